The number of nitrogens with zero attached hydrogens (tertiary/aromatic N) is 1. The summed E-state index contributed by atoms with van der Waals surface area (Å²) in [5.74, 6) is 0.266. The third-order valence-corrected chi connectivity index (χ3v) is 4.28. The van der Waals surface area contributed by atoms with Crippen molar-refractivity contribution in [3.8, 4) is 0 Å². The lowest BCUT2D eigenvalue weighted by atomic mass is 9.96. The molecule has 2 aliphatic rings. The maximum Gasteiger partial charge on any atom is 0.245 e. The molecule has 0 aromatic rings. The number of hydrogen-bond donors (Lipinski definition) is 1. The Morgan fingerprint density at radius 3 is 2.89 bits per heavy atom. The average molecular weight is 264 g/mol. The van der Waals surface area contributed by atoms with E-state index in [4.69, 9.17) is 0 Å². The molecule has 1 aliphatic carbocycles. The van der Waals surface area contributed by atoms with Crippen LogP contribution in [0, 0.1) is 5.92 Å². The molecule has 2 rings (SSSR count). The molecule has 1 N–H and O–H groups in total. The molecule has 0 bridgehead atoms. The molecule has 0 radical (unpaired) electrons. The van der Waals surface area contributed by atoms with Gasteiger partial charge in [0.15, 0.2) is 0 Å². The molecule has 0 aromatic heterocycles. The van der Waals surface area contributed by atoms with Gasteiger partial charge < -0.3 is 10.2 Å². The normalized spacial score (nSPS) is 25.3. The molecule has 0 spiro atoms. The molecule has 0 aromatic carbocycles. The fraction of sp³-hybridized carbons (Fsp3) is 0.733. The van der Waals surface area contributed by atoms with E-state index in [1.165, 1.54) is 18.4 Å². The summed E-state index contributed by atoms with van der Waals surface area (Å²) in [6.07, 6.45) is 7.66. The molecular formula is C15H24N2O2. The molecule has 19 heavy (non-hydrogen) atoms. The van der Waals surface area contributed by atoms with E-state index in [9.17, 15) is 9.59 Å². The molecule has 1 heterocycles. The minimum Gasteiger partial charge on any atom is -0.342 e. The molecular weight excluding hydrogens is 240 g/mol. The molecule has 106 valence electrons. The first kappa shape index (κ1) is 14.1. The second kappa shape index (κ2) is 6.22. The van der Waals surface area contributed by atoms with E-state index < -0.39 is 0 Å². The fourth-order valence-corrected chi connectivity index (χ4v) is 2.78. The van der Waals surface area contributed by atoms with Crippen LogP contribution in [0.2, 0.25) is 0 Å². The van der Waals surface area contributed by atoms with Crippen molar-refractivity contribution in [2.45, 2.75) is 52.0 Å². The van der Waals surface area contributed by atoms with Crippen molar-refractivity contribution in [3.05, 3.63) is 11.6 Å². The lowest BCUT2D eigenvalue weighted by Gasteiger charge is -2.35. The van der Waals surface area contributed by atoms with Crippen molar-refractivity contribution in [3.63, 3.8) is 0 Å². The van der Waals surface area contributed by atoms with Crippen LogP contribution >= 0.6 is 0 Å². The maximum atomic E-state index is 12.4. The number of rotatable bonds is 5. The molecule has 1 aliphatic heterocycles. The maximum absolute atomic E-state index is 12.4. The summed E-state index contributed by atoms with van der Waals surface area (Å²) in [6, 6.07) is -0.330. The number of hydrogen-bond acceptors (Lipinski definition) is 2. The van der Waals surface area contributed by atoms with E-state index in [-0.39, 0.29) is 30.3 Å². The van der Waals surface area contributed by atoms with Crippen LogP contribution in [-0.4, -0.2) is 35.8 Å². The predicted molar refractivity (Wildman–Crippen MR) is 74.5 cm³/mol. The van der Waals surface area contributed by atoms with Gasteiger partial charge in [0.05, 0.1) is 6.54 Å². The minimum atomic E-state index is -0.330. The van der Waals surface area contributed by atoms with Gasteiger partial charge in [-0.3, -0.25) is 9.59 Å². The minimum absolute atomic E-state index is 0.0229. The smallest absolute Gasteiger partial charge is 0.245 e. The summed E-state index contributed by atoms with van der Waals surface area (Å²) in [5, 5.41) is 2.83. The Hall–Kier alpha value is -1.32. The zero-order valence-corrected chi connectivity index (χ0v) is 11.9. The Kier molecular flexibility index (Phi) is 4.61. The van der Waals surface area contributed by atoms with E-state index >= 15 is 0 Å². The molecule has 2 atom stereocenters. The van der Waals surface area contributed by atoms with Gasteiger partial charge >= 0.3 is 0 Å². The van der Waals surface area contributed by atoms with Crippen molar-refractivity contribution >= 4 is 11.8 Å². The first-order valence-corrected chi connectivity index (χ1v) is 7.38. The van der Waals surface area contributed by atoms with Gasteiger partial charge in [-0.2, -0.15) is 0 Å². The van der Waals surface area contributed by atoms with Crippen LogP contribution in [0.1, 0.15) is 46.0 Å². The second-order valence-electron chi connectivity index (χ2n) is 5.70. The summed E-state index contributed by atoms with van der Waals surface area (Å²) < 4.78 is 0. The molecule has 4 heteroatoms. The molecule has 1 fully saturated rings. The first-order valence-electron chi connectivity index (χ1n) is 7.38. The highest BCUT2D eigenvalue weighted by Crippen LogP contribution is 2.22. The van der Waals surface area contributed by atoms with Crippen LogP contribution in [0.3, 0.4) is 0 Å². The summed E-state index contributed by atoms with van der Waals surface area (Å²) in [7, 11) is 0. The number of piperazine rings is 1. The summed E-state index contributed by atoms with van der Waals surface area (Å²) in [5.41, 5.74) is 1.44. The second-order valence-corrected chi connectivity index (χ2v) is 5.70. The monoisotopic (exact) mass is 264 g/mol. The lowest BCUT2D eigenvalue weighted by Crippen LogP contribution is -2.60. The summed E-state index contributed by atoms with van der Waals surface area (Å²) >= 11 is 0. The van der Waals surface area contributed by atoms with Crippen LogP contribution in [0.25, 0.3) is 0 Å². The van der Waals surface area contributed by atoms with Crippen LogP contribution in [0.5, 0.6) is 0 Å². The SMILES string of the molecule is CCC(C)C1NC(=O)CN(CCC2=CCCC2)C1=O. The van der Waals surface area contributed by atoms with Crippen LogP contribution in [0.15, 0.2) is 11.6 Å². The van der Waals surface area contributed by atoms with Crippen LogP contribution in [0.4, 0.5) is 0 Å². The number of amides is 2. The van der Waals surface area contributed by atoms with Gasteiger partial charge in [-0.15, -0.1) is 0 Å². The number of allylic oxidation sites excluding steroid dienone is 1. The van der Waals surface area contributed by atoms with Crippen LogP contribution < -0.4 is 5.32 Å². The Labute approximate surface area is 115 Å². The molecule has 2 amide bonds. The zero-order chi connectivity index (χ0) is 13.8. The van der Waals surface area contributed by atoms with Gasteiger partial charge in [-0.25, -0.2) is 0 Å². The van der Waals surface area contributed by atoms with Gasteiger partial charge in [-0.1, -0.05) is 31.9 Å². The van der Waals surface area contributed by atoms with Crippen LogP contribution in [-0.2, 0) is 9.59 Å². The number of carbonyl (C=O) groups excluding carboxylic acids is 2. The Bertz CT molecular complexity index is 390. The van der Waals surface area contributed by atoms with Gasteiger partial charge in [0.25, 0.3) is 0 Å². The zero-order valence-electron chi connectivity index (χ0n) is 11.9. The summed E-state index contributed by atoms with van der Waals surface area (Å²) in [4.78, 5) is 25.8. The topological polar surface area (TPSA) is 49.4 Å². The van der Waals surface area contributed by atoms with E-state index in [1.54, 1.807) is 4.90 Å². The summed E-state index contributed by atoms with van der Waals surface area (Å²) in [6.45, 7) is 4.97. The quantitative estimate of drug-likeness (QED) is 0.771. The van der Waals surface area contributed by atoms with Gasteiger partial charge in [0.2, 0.25) is 11.8 Å². The molecule has 0 saturated carbocycles. The first-order chi connectivity index (χ1) is 9.11. The van der Waals surface area contributed by atoms with Gasteiger partial charge in [0, 0.05) is 6.54 Å². The highest BCUT2D eigenvalue weighted by molar-refractivity contribution is 5.95. The van der Waals surface area contributed by atoms with E-state index in [1.807, 2.05) is 13.8 Å². The molecule has 4 nitrogen and oxygen atoms in total. The van der Waals surface area contributed by atoms with Crippen molar-refractivity contribution in [2.75, 3.05) is 13.1 Å². The highest BCUT2D eigenvalue weighted by Gasteiger charge is 2.35. The Morgan fingerprint density at radius 2 is 2.26 bits per heavy atom. The molecule has 1 saturated heterocycles. The van der Waals surface area contributed by atoms with Crippen molar-refractivity contribution in [1.29, 1.82) is 0 Å². The van der Waals surface area contributed by atoms with Crippen molar-refractivity contribution < 1.29 is 9.59 Å². The van der Waals surface area contributed by atoms with E-state index in [0.29, 0.717) is 6.54 Å². The van der Waals surface area contributed by atoms with Gasteiger partial charge in [0.1, 0.15) is 6.04 Å². The number of nitrogens with one attached hydrogen (secondary N) is 1. The third-order valence-electron chi connectivity index (χ3n) is 4.28. The Morgan fingerprint density at radius 1 is 1.47 bits per heavy atom. The van der Waals surface area contributed by atoms with E-state index in [2.05, 4.69) is 11.4 Å². The molecule has 2 unspecified atom stereocenters. The Balaban J connectivity index is 1.94. The standard InChI is InChI=1S/C15H24N2O2/c1-3-11(2)14-15(19)17(10-13(18)16-14)9-8-12-6-4-5-7-12/h6,11,14H,3-5,7-10H2,1-2H3,(H,16,18). The van der Waals surface area contributed by atoms with Crippen molar-refractivity contribution in [1.82, 2.24) is 10.2 Å². The highest BCUT2D eigenvalue weighted by atomic mass is 16.2. The largest absolute Gasteiger partial charge is 0.342 e. The lowest BCUT2D eigenvalue weighted by molar-refractivity contribution is -0.145. The predicted octanol–water partition coefficient (Wildman–Crippen LogP) is 1.86. The third kappa shape index (κ3) is 3.37. The van der Waals surface area contributed by atoms with Gasteiger partial charge in [-0.05, 0) is 31.6 Å². The average Bonchev–Trinajstić information content (AvgIpc) is 2.91. The van der Waals surface area contributed by atoms with Crippen molar-refractivity contribution in [2.24, 2.45) is 5.92 Å². The van der Waals surface area contributed by atoms with E-state index in [0.717, 1.165) is 19.3 Å². The number of carbonyl (C=O) groups is 2. The fourth-order valence-electron chi connectivity index (χ4n) is 2.78.